The third-order valence-electron chi connectivity index (χ3n) is 2.74. The normalized spacial score (nSPS) is 10.3. The van der Waals surface area contributed by atoms with Crippen molar-refractivity contribution in [1.29, 1.82) is 0 Å². The Balaban J connectivity index is 1.81. The number of aromatic nitrogens is 1. The zero-order valence-corrected chi connectivity index (χ0v) is 12.0. The number of halogens is 1. The summed E-state index contributed by atoms with van der Waals surface area (Å²) in [6.45, 7) is 2.71. The monoisotopic (exact) mass is 305 g/mol. The van der Waals surface area contributed by atoms with Gasteiger partial charge in [0.05, 0.1) is 11.1 Å². The fourth-order valence-corrected chi connectivity index (χ4v) is 2.05. The van der Waals surface area contributed by atoms with Crippen molar-refractivity contribution in [3.8, 4) is 5.88 Å². The maximum Gasteiger partial charge on any atom is 0.228 e. The minimum absolute atomic E-state index is 0.683. The third kappa shape index (κ3) is 3.57. The van der Waals surface area contributed by atoms with Gasteiger partial charge < -0.3 is 4.74 Å². The van der Waals surface area contributed by atoms with Crippen LogP contribution in [0, 0.1) is 6.92 Å². The van der Waals surface area contributed by atoms with Crippen molar-refractivity contribution in [3.63, 3.8) is 0 Å². The highest BCUT2D eigenvalue weighted by Crippen LogP contribution is 2.25. The van der Waals surface area contributed by atoms with Crippen LogP contribution < -0.4 is 4.74 Å². The lowest BCUT2D eigenvalue weighted by Crippen LogP contribution is -2.02. The zero-order chi connectivity index (χ0) is 12.8. The molecule has 18 heavy (non-hydrogen) atoms. The number of benzene rings is 1. The predicted molar refractivity (Wildman–Crippen MR) is 76.9 cm³/mol. The number of hydrogen-bond donors (Lipinski definition) is 0. The first-order valence-electron chi connectivity index (χ1n) is 6.05. The van der Waals surface area contributed by atoms with Gasteiger partial charge in [-0.25, -0.2) is 4.98 Å². The predicted octanol–water partition coefficient (Wildman–Crippen LogP) is 4.16. The molecule has 0 amide bonds. The smallest absolute Gasteiger partial charge is 0.228 e. The highest BCUT2D eigenvalue weighted by atomic mass is 79.9. The summed E-state index contributed by atoms with van der Waals surface area (Å²) in [5.41, 5.74) is 2.49. The van der Waals surface area contributed by atoms with Gasteiger partial charge in [0.1, 0.15) is 0 Å². The van der Waals surface area contributed by atoms with Gasteiger partial charge in [0.25, 0.3) is 0 Å². The van der Waals surface area contributed by atoms with Crippen molar-refractivity contribution in [2.24, 2.45) is 0 Å². The maximum atomic E-state index is 5.68. The summed E-state index contributed by atoms with van der Waals surface area (Å²) in [4.78, 5) is 4.21. The fourth-order valence-electron chi connectivity index (χ4n) is 1.71. The molecule has 2 aromatic rings. The molecule has 94 valence electrons. The molecule has 2 nitrogen and oxygen atoms in total. The second kappa shape index (κ2) is 6.55. The lowest BCUT2D eigenvalue weighted by atomic mass is 10.1. The summed E-state index contributed by atoms with van der Waals surface area (Å²) in [5.74, 6) is 0.683. The summed E-state index contributed by atoms with van der Waals surface area (Å²) < 4.78 is 6.63. The number of hydrogen-bond acceptors (Lipinski definition) is 2. The number of ether oxygens (including phenoxy) is 1. The highest BCUT2D eigenvalue weighted by Gasteiger charge is 2.04. The number of pyridine rings is 1. The second-order valence-corrected chi connectivity index (χ2v) is 4.98. The van der Waals surface area contributed by atoms with Gasteiger partial charge in [-0.15, -0.1) is 0 Å². The van der Waals surface area contributed by atoms with Crippen LogP contribution in [-0.2, 0) is 6.42 Å². The molecule has 0 aliphatic heterocycles. The van der Waals surface area contributed by atoms with Gasteiger partial charge in [-0.3, -0.25) is 0 Å². The molecule has 1 aromatic carbocycles. The molecular weight excluding hydrogens is 290 g/mol. The Kier molecular flexibility index (Phi) is 4.76. The van der Waals surface area contributed by atoms with Crippen LogP contribution in [0.5, 0.6) is 5.88 Å². The van der Waals surface area contributed by atoms with Crippen LogP contribution in [0.15, 0.2) is 47.1 Å². The molecule has 3 heteroatoms. The van der Waals surface area contributed by atoms with Gasteiger partial charge >= 0.3 is 0 Å². The summed E-state index contributed by atoms with van der Waals surface area (Å²) in [5, 5.41) is 0. The van der Waals surface area contributed by atoms with Crippen molar-refractivity contribution >= 4 is 15.9 Å². The standard InChI is InChI=1S/C15H16BrNO/c1-12-9-10-17-15(14(12)16)18-11-5-8-13-6-3-2-4-7-13/h2-4,6-7,9-10H,5,8,11H2,1H3. The molecule has 1 aromatic heterocycles. The summed E-state index contributed by atoms with van der Waals surface area (Å²) in [6.07, 6.45) is 3.79. The van der Waals surface area contributed by atoms with E-state index in [-0.39, 0.29) is 0 Å². The van der Waals surface area contributed by atoms with E-state index in [2.05, 4.69) is 45.2 Å². The minimum Gasteiger partial charge on any atom is -0.477 e. The molecule has 0 saturated carbocycles. The summed E-state index contributed by atoms with van der Waals surface area (Å²) in [6, 6.07) is 12.4. The van der Waals surface area contributed by atoms with Crippen molar-refractivity contribution < 1.29 is 4.74 Å². The Labute approximate surface area is 116 Å². The molecule has 0 radical (unpaired) electrons. The van der Waals surface area contributed by atoms with Crippen molar-refractivity contribution in [2.45, 2.75) is 19.8 Å². The summed E-state index contributed by atoms with van der Waals surface area (Å²) >= 11 is 3.49. The topological polar surface area (TPSA) is 22.1 Å². The largest absolute Gasteiger partial charge is 0.477 e. The molecule has 0 unspecified atom stereocenters. The van der Waals surface area contributed by atoms with E-state index in [4.69, 9.17) is 4.74 Å². The molecule has 2 rings (SSSR count). The minimum atomic E-state index is 0.683. The second-order valence-electron chi connectivity index (χ2n) is 4.18. The average Bonchev–Trinajstić information content (AvgIpc) is 2.40. The van der Waals surface area contributed by atoms with Crippen molar-refractivity contribution in [2.75, 3.05) is 6.61 Å². The van der Waals surface area contributed by atoms with Crippen LogP contribution in [0.1, 0.15) is 17.5 Å². The number of nitrogens with zero attached hydrogens (tertiary/aromatic N) is 1. The summed E-state index contributed by atoms with van der Waals surface area (Å²) in [7, 11) is 0. The number of rotatable bonds is 5. The van der Waals surface area contributed by atoms with Crippen LogP contribution in [-0.4, -0.2) is 11.6 Å². The van der Waals surface area contributed by atoms with Crippen LogP contribution in [0.25, 0.3) is 0 Å². The van der Waals surface area contributed by atoms with Crippen LogP contribution in [0.4, 0.5) is 0 Å². The molecule has 1 heterocycles. The van der Waals surface area contributed by atoms with E-state index in [9.17, 15) is 0 Å². The molecule has 0 N–H and O–H groups in total. The van der Waals surface area contributed by atoms with Gasteiger partial charge in [0.2, 0.25) is 5.88 Å². The van der Waals surface area contributed by atoms with E-state index in [0.717, 1.165) is 22.9 Å². The lowest BCUT2D eigenvalue weighted by Gasteiger charge is -2.08. The van der Waals surface area contributed by atoms with Crippen LogP contribution >= 0.6 is 15.9 Å². The van der Waals surface area contributed by atoms with E-state index in [0.29, 0.717) is 12.5 Å². The zero-order valence-electron chi connectivity index (χ0n) is 10.4. The molecule has 0 aliphatic carbocycles. The SMILES string of the molecule is Cc1ccnc(OCCCc2ccccc2)c1Br. The van der Waals surface area contributed by atoms with Crippen molar-refractivity contribution in [3.05, 3.63) is 58.2 Å². The van der Waals surface area contributed by atoms with Crippen molar-refractivity contribution in [1.82, 2.24) is 4.98 Å². The van der Waals surface area contributed by atoms with E-state index in [1.165, 1.54) is 5.56 Å². The van der Waals surface area contributed by atoms with Crippen LogP contribution in [0.2, 0.25) is 0 Å². The molecular formula is C15H16BrNO. The molecule has 0 fully saturated rings. The quantitative estimate of drug-likeness (QED) is 0.774. The van der Waals surface area contributed by atoms with Gasteiger partial charge in [-0.05, 0) is 52.9 Å². The Hall–Kier alpha value is -1.35. The van der Waals surface area contributed by atoms with E-state index in [1.807, 2.05) is 19.1 Å². The first-order chi connectivity index (χ1) is 8.77. The molecule has 0 spiro atoms. The third-order valence-corrected chi connectivity index (χ3v) is 3.71. The molecule has 0 aliphatic rings. The number of aryl methyl sites for hydroxylation is 2. The highest BCUT2D eigenvalue weighted by molar-refractivity contribution is 9.10. The first kappa shape index (κ1) is 13.1. The average molecular weight is 306 g/mol. The van der Waals surface area contributed by atoms with Gasteiger partial charge in [-0.1, -0.05) is 30.3 Å². The van der Waals surface area contributed by atoms with E-state index >= 15 is 0 Å². The fraction of sp³-hybridized carbons (Fsp3) is 0.267. The van der Waals surface area contributed by atoms with Crippen LogP contribution in [0.3, 0.4) is 0 Å². The Morgan fingerprint density at radius 3 is 2.72 bits per heavy atom. The molecule has 0 saturated heterocycles. The molecule has 0 atom stereocenters. The van der Waals surface area contributed by atoms with E-state index in [1.54, 1.807) is 6.20 Å². The lowest BCUT2D eigenvalue weighted by molar-refractivity contribution is 0.297. The van der Waals surface area contributed by atoms with Gasteiger partial charge in [0, 0.05) is 6.20 Å². The van der Waals surface area contributed by atoms with Gasteiger partial charge in [-0.2, -0.15) is 0 Å². The Bertz CT molecular complexity index is 499. The first-order valence-corrected chi connectivity index (χ1v) is 6.84. The van der Waals surface area contributed by atoms with Gasteiger partial charge in [0.15, 0.2) is 0 Å². The molecule has 0 bridgehead atoms. The Morgan fingerprint density at radius 2 is 1.94 bits per heavy atom. The van der Waals surface area contributed by atoms with E-state index < -0.39 is 0 Å². The Morgan fingerprint density at radius 1 is 1.17 bits per heavy atom. The maximum absolute atomic E-state index is 5.68.